The quantitative estimate of drug-likeness (QED) is 0.324. The summed E-state index contributed by atoms with van der Waals surface area (Å²) in [6.07, 6.45) is 6.52. The van der Waals surface area contributed by atoms with Crippen LogP contribution in [0.1, 0.15) is 45.4 Å². The maximum absolute atomic E-state index is 15.1. The third-order valence-electron chi connectivity index (χ3n) is 7.28. The van der Waals surface area contributed by atoms with Gasteiger partial charge in [-0.2, -0.15) is 10.2 Å². The lowest BCUT2D eigenvalue weighted by atomic mass is 9.97. The Morgan fingerprint density at radius 2 is 1.80 bits per heavy atom. The topological polar surface area (TPSA) is 144 Å². The molecule has 0 spiro atoms. The van der Waals surface area contributed by atoms with Gasteiger partial charge in [-0.3, -0.25) is 19.0 Å². The molecule has 0 saturated carbocycles. The van der Waals surface area contributed by atoms with Crippen molar-refractivity contribution in [2.24, 2.45) is 7.05 Å². The molecule has 0 unspecified atom stereocenters. The van der Waals surface area contributed by atoms with Crippen molar-refractivity contribution in [3.05, 3.63) is 59.6 Å². The van der Waals surface area contributed by atoms with Gasteiger partial charge in [-0.25, -0.2) is 4.39 Å². The number of rotatable bonds is 6. The standard InChI is InChI=1S/C27H29FN10O3/c1-29-27(40)24-20(10-23(34-35-24)33-26(39)15-11-30-37(3)13-15)32-21-9-16(28)8-18-19-12-31-38(17-4-6-41-7-5-17)22(19)14-36(2)25(18)21/h8-13,17H,4-7,14H2,1-3H3,(H,29,40)(H2,32,33,34,39). The molecule has 0 atom stereocenters. The Labute approximate surface area is 234 Å². The van der Waals surface area contributed by atoms with Crippen molar-refractivity contribution in [3.63, 3.8) is 0 Å². The number of fused-ring (bicyclic) bond motifs is 3. The minimum Gasteiger partial charge on any atom is -0.381 e. The van der Waals surface area contributed by atoms with Crippen LogP contribution in [-0.2, 0) is 18.3 Å². The van der Waals surface area contributed by atoms with Gasteiger partial charge >= 0.3 is 0 Å². The second kappa shape index (κ2) is 10.6. The number of benzene rings is 1. The van der Waals surface area contributed by atoms with E-state index < -0.39 is 17.6 Å². The summed E-state index contributed by atoms with van der Waals surface area (Å²) in [5, 5.41) is 25.1. The van der Waals surface area contributed by atoms with Crippen LogP contribution >= 0.6 is 0 Å². The zero-order valence-corrected chi connectivity index (χ0v) is 22.8. The van der Waals surface area contributed by atoms with E-state index in [-0.39, 0.29) is 23.2 Å². The molecule has 6 rings (SSSR count). The van der Waals surface area contributed by atoms with Crippen LogP contribution in [0.3, 0.4) is 0 Å². The van der Waals surface area contributed by atoms with Crippen molar-refractivity contribution in [1.82, 2.24) is 35.1 Å². The molecule has 13 nitrogen and oxygen atoms in total. The molecule has 2 aliphatic heterocycles. The van der Waals surface area contributed by atoms with E-state index in [4.69, 9.17) is 4.74 Å². The van der Waals surface area contributed by atoms with Gasteiger partial charge in [0.25, 0.3) is 11.8 Å². The van der Waals surface area contributed by atoms with Crippen molar-refractivity contribution in [2.45, 2.75) is 25.4 Å². The Balaban J connectivity index is 1.37. The third kappa shape index (κ3) is 4.97. The summed E-state index contributed by atoms with van der Waals surface area (Å²) in [7, 11) is 5.10. The van der Waals surface area contributed by atoms with Gasteiger partial charge in [0.2, 0.25) is 0 Å². The molecule has 0 bridgehead atoms. The average molecular weight is 561 g/mol. The number of amides is 2. The first-order valence-corrected chi connectivity index (χ1v) is 13.2. The zero-order chi connectivity index (χ0) is 28.7. The predicted molar refractivity (Wildman–Crippen MR) is 149 cm³/mol. The van der Waals surface area contributed by atoms with E-state index in [2.05, 4.69) is 36.3 Å². The van der Waals surface area contributed by atoms with Gasteiger partial charge in [0.1, 0.15) is 5.82 Å². The molecule has 3 aromatic heterocycles. The molecule has 1 saturated heterocycles. The van der Waals surface area contributed by atoms with Crippen LogP contribution in [-0.4, -0.2) is 68.9 Å². The molecule has 212 valence electrons. The van der Waals surface area contributed by atoms with Gasteiger partial charge in [-0.15, -0.1) is 10.2 Å². The van der Waals surface area contributed by atoms with Crippen LogP contribution in [0.15, 0.2) is 36.8 Å². The summed E-state index contributed by atoms with van der Waals surface area (Å²) >= 11 is 0. The van der Waals surface area contributed by atoms with E-state index in [1.807, 2.05) is 16.6 Å². The van der Waals surface area contributed by atoms with Gasteiger partial charge in [-0.05, 0) is 25.0 Å². The van der Waals surface area contributed by atoms with E-state index in [9.17, 15) is 9.59 Å². The molecule has 3 N–H and O–H groups in total. The number of nitrogens with one attached hydrogen (secondary N) is 3. The van der Waals surface area contributed by atoms with Gasteiger partial charge in [0, 0.05) is 57.7 Å². The third-order valence-corrected chi connectivity index (χ3v) is 7.28. The van der Waals surface area contributed by atoms with Crippen molar-refractivity contribution in [1.29, 1.82) is 0 Å². The van der Waals surface area contributed by atoms with Crippen LogP contribution in [0, 0.1) is 5.82 Å². The predicted octanol–water partition coefficient (Wildman–Crippen LogP) is 2.87. The van der Waals surface area contributed by atoms with Crippen LogP contribution < -0.4 is 20.9 Å². The molecule has 0 radical (unpaired) electrons. The zero-order valence-electron chi connectivity index (χ0n) is 22.8. The summed E-state index contributed by atoms with van der Waals surface area (Å²) in [6, 6.07) is 4.58. The van der Waals surface area contributed by atoms with Crippen LogP contribution in [0.25, 0.3) is 11.1 Å². The van der Waals surface area contributed by atoms with E-state index in [1.54, 1.807) is 19.4 Å². The molecule has 14 heteroatoms. The Kier molecular flexibility index (Phi) is 6.83. The normalized spacial score (nSPS) is 14.8. The maximum Gasteiger partial charge on any atom is 0.273 e. The largest absolute Gasteiger partial charge is 0.381 e. The number of hydrogen-bond acceptors (Lipinski definition) is 9. The van der Waals surface area contributed by atoms with Crippen molar-refractivity contribution in [3.8, 4) is 11.1 Å². The van der Waals surface area contributed by atoms with Crippen LogP contribution in [0.5, 0.6) is 0 Å². The molecule has 2 aliphatic rings. The second-order valence-corrected chi connectivity index (χ2v) is 10.1. The lowest BCUT2D eigenvalue weighted by Gasteiger charge is -2.32. The molecular formula is C27H29FN10O3. The number of nitrogens with zero attached hydrogens (tertiary/aromatic N) is 7. The Morgan fingerprint density at radius 1 is 1.00 bits per heavy atom. The lowest BCUT2D eigenvalue weighted by Crippen LogP contribution is -2.28. The van der Waals surface area contributed by atoms with Gasteiger partial charge in [0.05, 0.1) is 53.3 Å². The molecule has 5 heterocycles. The number of halogens is 1. The van der Waals surface area contributed by atoms with Crippen molar-refractivity contribution < 1.29 is 18.7 Å². The van der Waals surface area contributed by atoms with Gasteiger partial charge in [-0.1, -0.05) is 0 Å². The first-order chi connectivity index (χ1) is 19.8. The van der Waals surface area contributed by atoms with E-state index in [0.717, 1.165) is 29.8 Å². The summed E-state index contributed by atoms with van der Waals surface area (Å²) in [5.74, 6) is -1.29. The average Bonchev–Trinajstić information content (AvgIpc) is 3.59. The Morgan fingerprint density at radius 3 is 2.54 bits per heavy atom. The fraction of sp³-hybridized carbons (Fsp3) is 0.333. The van der Waals surface area contributed by atoms with E-state index >= 15 is 4.39 Å². The van der Waals surface area contributed by atoms with Gasteiger partial charge < -0.3 is 25.6 Å². The first kappa shape index (κ1) is 26.4. The molecule has 41 heavy (non-hydrogen) atoms. The summed E-state index contributed by atoms with van der Waals surface area (Å²) in [4.78, 5) is 27.4. The fourth-order valence-electron chi connectivity index (χ4n) is 5.34. The Bertz CT molecular complexity index is 1640. The highest BCUT2D eigenvalue weighted by Crippen LogP contribution is 2.45. The van der Waals surface area contributed by atoms with E-state index in [0.29, 0.717) is 36.6 Å². The molecule has 2 amide bonds. The molecule has 4 aromatic rings. The number of aryl methyl sites for hydroxylation is 1. The highest BCUT2D eigenvalue weighted by atomic mass is 19.1. The molecule has 1 aromatic carbocycles. The first-order valence-electron chi connectivity index (χ1n) is 13.2. The van der Waals surface area contributed by atoms with Crippen LogP contribution in [0.4, 0.5) is 27.3 Å². The minimum absolute atomic E-state index is 0.0172. The fourth-order valence-corrected chi connectivity index (χ4v) is 5.34. The maximum atomic E-state index is 15.1. The number of hydrogen-bond donors (Lipinski definition) is 3. The van der Waals surface area contributed by atoms with E-state index in [1.165, 1.54) is 36.1 Å². The summed E-state index contributed by atoms with van der Waals surface area (Å²) in [5.41, 5.74) is 4.28. The number of aromatic nitrogens is 6. The number of carbonyl (C=O) groups excluding carboxylic acids is 2. The van der Waals surface area contributed by atoms with Gasteiger partial charge in [0.15, 0.2) is 11.5 Å². The summed E-state index contributed by atoms with van der Waals surface area (Å²) < 4.78 is 24.2. The number of ether oxygens (including phenoxy) is 1. The monoisotopic (exact) mass is 560 g/mol. The number of carbonyl (C=O) groups is 2. The SMILES string of the molecule is CNC(=O)c1nnc(NC(=O)c2cnn(C)c2)cc1Nc1cc(F)cc2c1N(C)Cc1c-2cnn1C1CCOCC1. The van der Waals surface area contributed by atoms with Crippen LogP contribution in [0.2, 0.25) is 0 Å². The lowest BCUT2D eigenvalue weighted by molar-refractivity contribution is 0.0654. The second-order valence-electron chi connectivity index (χ2n) is 10.1. The molecule has 1 fully saturated rings. The minimum atomic E-state index is -0.496. The molecule has 0 aliphatic carbocycles. The smallest absolute Gasteiger partial charge is 0.273 e. The molecular weight excluding hydrogens is 531 g/mol. The highest BCUT2D eigenvalue weighted by Gasteiger charge is 2.30. The van der Waals surface area contributed by atoms with Crippen molar-refractivity contribution >= 4 is 34.7 Å². The Hall–Kier alpha value is -4.85. The number of anilines is 4. The van der Waals surface area contributed by atoms with Crippen molar-refractivity contribution in [2.75, 3.05) is 42.8 Å². The summed E-state index contributed by atoms with van der Waals surface area (Å²) in [6.45, 7) is 1.93. The highest BCUT2D eigenvalue weighted by molar-refractivity contribution is 6.05.